The van der Waals surface area contributed by atoms with Crippen LogP contribution in [0.1, 0.15) is 12.0 Å². The van der Waals surface area contributed by atoms with E-state index in [1.54, 1.807) is 0 Å². The molecule has 0 aliphatic carbocycles. The standard InChI is InChI=1S/C11H10BrNO3/c12-8-1-2-9-6(4-8)3-7(5-10(14)15)11(16)13-9/h1-2,4,7H,3,5H2,(H,13,16)(H,14,15). The molecule has 1 aromatic carbocycles. The van der Waals surface area contributed by atoms with Crippen LogP contribution in [0.2, 0.25) is 0 Å². The number of amides is 1. The Labute approximate surface area is 101 Å². The van der Waals surface area contributed by atoms with E-state index in [1.165, 1.54) is 0 Å². The maximum Gasteiger partial charge on any atom is 0.304 e. The van der Waals surface area contributed by atoms with Crippen molar-refractivity contribution >= 4 is 33.5 Å². The van der Waals surface area contributed by atoms with E-state index >= 15 is 0 Å². The second-order valence-corrected chi connectivity index (χ2v) is 4.71. The predicted molar refractivity (Wildman–Crippen MR) is 62.2 cm³/mol. The number of rotatable bonds is 2. The fourth-order valence-corrected chi connectivity index (χ4v) is 2.23. The second-order valence-electron chi connectivity index (χ2n) is 3.79. The maximum atomic E-state index is 11.6. The summed E-state index contributed by atoms with van der Waals surface area (Å²) in [6.45, 7) is 0. The summed E-state index contributed by atoms with van der Waals surface area (Å²) >= 11 is 3.35. The molecular weight excluding hydrogens is 274 g/mol. The zero-order chi connectivity index (χ0) is 11.7. The Morgan fingerprint density at radius 2 is 2.31 bits per heavy atom. The smallest absolute Gasteiger partial charge is 0.304 e. The third-order valence-corrected chi connectivity index (χ3v) is 3.08. The van der Waals surface area contributed by atoms with Crippen LogP contribution in [0.15, 0.2) is 22.7 Å². The van der Waals surface area contributed by atoms with Gasteiger partial charge >= 0.3 is 5.97 Å². The molecular formula is C11H10BrNO3. The number of hydrogen-bond donors (Lipinski definition) is 2. The van der Waals surface area contributed by atoms with Gasteiger partial charge in [-0.05, 0) is 30.2 Å². The molecule has 0 saturated carbocycles. The number of carboxylic acid groups (broad SMARTS) is 1. The fourth-order valence-electron chi connectivity index (χ4n) is 1.82. The summed E-state index contributed by atoms with van der Waals surface area (Å²) in [6.07, 6.45) is 0.352. The van der Waals surface area contributed by atoms with Crippen LogP contribution in [-0.2, 0) is 16.0 Å². The lowest BCUT2D eigenvalue weighted by Gasteiger charge is -2.23. The van der Waals surface area contributed by atoms with Gasteiger partial charge in [-0.25, -0.2) is 0 Å². The maximum absolute atomic E-state index is 11.6. The van der Waals surface area contributed by atoms with Crippen molar-refractivity contribution < 1.29 is 14.7 Å². The summed E-state index contributed by atoms with van der Waals surface area (Å²) in [4.78, 5) is 22.2. The number of carbonyl (C=O) groups excluding carboxylic acids is 1. The Kier molecular flexibility index (Phi) is 2.96. The monoisotopic (exact) mass is 283 g/mol. The lowest BCUT2D eigenvalue weighted by Crippen LogP contribution is -2.31. The van der Waals surface area contributed by atoms with Crippen LogP contribution in [0.25, 0.3) is 0 Å². The van der Waals surface area contributed by atoms with Gasteiger partial charge in [0, 0.05) is 10.2 Å². The van der Waals surface area contributed by atoms with Crippen LogP contribution in [0.3, 0.4) is 0 Å². The van der Waals surface area contributed by atoms with E-state index in [0.717, 1.165) is 15.7 Å². The number of anilines is 1. The van der Waals surface area contributed by atoms with Crippen LogP contribution in [-0.4, -0.2) is 17.0 Å². The lowest BCUT2D eigenvalue weighted by atomic mass is 9.91. The third-order valence-electron chi connectivity index (χ3n) is 2.58. The molecule has 5 heteroatoms. The molecule has 2 rings (SSSR count). The molecule has 0 saturated heterocycles. The van der Waals surface area contributed by atoms with Crippen LogP contribution in [0.5, 0.6) is 0 Å². The number of halogens is 1. The number of aliphatic carboxylic acids is 1. The van der Waals surface area contributed by atoms with Crippen LogP contribution >= 0.6 is 15.9 Å². The van der Waals surface area contributed by atoms with Crippen molar-refractivity contribution in [3.8, 4) is 0 Å². The Hall–Kier alpha value is -1.36. The molecule has 1 unspecified atom stereocenters. The number of carboxylic acids is 1. The van der Waals surface area contributed by atoms with Gasteiger partial charge in [0.1, 0.15) is 0 Å². The largest absolute Gasteiger partial charge is 0.481 e. The first kappa shape index (κ1) is 11.1. The number of fused-ring (bicyclic) bond motifs is 1. The molecule has 84 valence electrons. The van der Waals surface area contributed by atoms with Gasteiger partial charge in [-0.15, -0.1) is 0 Å². The van der Waals surface area contributed by atoms with Crippen molar-refractivity contribution in [1.82, 2.24) is 0 Å². The fraction of sp³-hybridized carbons (Fsp3) is 0.273. The first-order valence-electron chi connectivity index (χ1n) is 4.87. The van der Waals surface area contributed by atoms with Crippen LogP contribution < -0.4 is 5.32 Å². The lowest BCUT2D eigenvalue weighted by molar-refractivity contribution is -0.140. The van der Waals surface area contributed by atoms with Gasteiger partial charge in [0.2, 0.25) is 5.91 Å². The van der Waals surface area contributed by atoms with E-state index in [4.69, 9.17) is 5.11 Å². The van der Waals surface area contributed by atoms with E-state index in [1.807, 2.05) is 18.2 Å². The van der Waals surface area contributed by atoms with Crippen molar-refractivity contribution in [2.75, 3.05) is 5.32 Å². The van der Waals surface area contributed by atoms with Crippen molar-refractivity contribution in [3.63, 3.8) is 0 Å². The molecule has 0 bridgehead atoms. The Bertz CT molecular complexity index is 459. The summed E-state index contributed by atoms with van der Waals surface area (Å²) in [5.41, 5.74) is 1.75. The molecule has 0 aromatic heterocycles. The molecule has 1 atom stereocenters. The normalized spacial score (nSPS) is 18.8. The van der Waals surface area contributed by atoms with E-state index in [2.05, 4.69) is 21.2 Å². The highest BCUT2D eigenvalue weighted by Crippen LogP contribution is 2.29. The molecule has 1 heterocycles. The molecule has 0 spiro atoms. The molecule has 4 nitrogen and oxygen atoms in total. The molecule has 0 fully saturated rings. The number of nitrogens with one attached hydrogen (secondary N) is 1. The number of hydrogen-bond acceptors (Lipinski definition) is 2. The first-order chi connectivity index (χ1) is 7.56. The highest BCUT2D eigenvalue weighted by atomic mass is 79.9. The Balaban J connectivity index is 2.26. The van der Waals surface area contributed by atoms with Gasteiger partial charge in [-0.3, -0.25) is 9.59 Å². The Morgan fingerprint density at radius 3 is 3.00 bits per heavy atom. The first-order valence-corrected chi connectivity index (χ1v) is 5.66. The zero-order valence-corrected chi connectivity index (χ0v) is 9.95. The summed E-state index contributed by atoms with van der Waals surface area (Å²) in [6, 6.07) is 5.56. The van der Waals surface area contributed by atoms with Crippen molar-refractivity contribution in [1.29, 1.82) is 0 Å². The summed E-state index contributed by atoms with van der Waals surface area (Å²) in [5.74, 6) is -1.63. The minimum atomic E-state index is -0.946. The predicted octanol–water partition coefficient (Wildman–Crippen LogP) is 2.03. The Morgan fingerprint density at radius 1 is 1.56 bits per heavy atom. The van der Waals surface area contributed by atoms with Crippen molar-refractivity contribution in [3.05, 3.63) is 28.2 Å². The van der Waals surface area contributed by atoms with Crippen LogP contribution in [0, 0.1) is 5.92 Å². The highest BCUT2D eigenvalue weighted by molar-refractivity contribution is 9.10. The molecule has 0 radical (unpaired) electrons. The quantitative estimate of drug-likeness (QED) is 0.873. The van der Waals surface area contributed by atoms with E-state index in [-0.39, 0.29) is 12.3 Å². The van der Waals surface area contributed by atoms with Gasteiger partial charge in [0.05, 0.1) is 12.3 Å². The molecule has 1 aliphatic heterocycles. The molecule has 16 heavy (non-hydrogen) atoms. The summed E-state index contributed by atoms with van der Waals surface area (Å²) < 4.78 is 0.927. The van der Waals surface area contributed by atoms with Gasteiger partial charge < -0.3 is 10.4 Å². The minimum absolute atomic E-state index is 0.127. The zero-order valence-electron chi connectivity index (χ0n) is 8.37. The minimum Gasteiger partial charge on any atom is -0.481 e. The van der Waals surface area contributed by atoms with Gasteiger partial charge in [0.15, 0.2) is 0 Å². The van der Waals surface area contributed by atoms with E-state index in [9.17, 15) is 9.59 Å². The van der Waals surface area contributed by atoms with E-state index < -0.39 is 11.9 Å². The van der Waals surface area contributed by atoms with E-state index in [0.29, 0.717) is 6.42 Å². The summed E-state index contributed by atoms with van der Waals surface area (Å²) in [7, 11) is 0. The van der Waals surface area contributed by atoms with Crippen molar-refractivity contribution in [2.45, 2.75) is 12.8 Å². The topological polar surface area (TPSA) is 66.4 Å². The molecule has 1 aromatic rings. The van der Waals surface area contributed by atoms with Gasteiger partial charge in [-0.2, -0.15) is 0 Å². The average molecular weight is 284 g/mol. The SMILES string of the molecule is O=C(O)CC1Cc2cc(Br)ccc2NC1=O. The molecule has 1 aliphatic rings. The third kappa shape index (κ3) is 2.24. The molecule has 1 amide bonds. The highest BCUT2D eigenvalue weighted by Gasteiger charge is 2.27. The number of benzene rings is 1. The second kappa shape index (κ2) is 4.25. The molecule has 2 N–H and O–H groups in total. The summed E-state index contributed by atoms with van der Waals surface area (Å²) in [5, 5.41) is 11.4. The average Bonchev–Trinajstić information content (AvgIpc) is 2.19. The van der Waals surface area contributed by atoms with Crippen molar-refractivity contribution in [2.24, 2.45) is 5.92 Å². The van der Waals surface area contributed by atoms with Crippen LogP contribution in [0.4, 0.5) is 5.69 Å². The number of carbonyl (C=O) groups is 2. The van der Waals surface area contributed by atoms with Gasteiger partial charge in [-0.1, -0.05) is 15.9 Å². The van der Waals surface area contributed by atoms with Gasteiger partial charge in [0.25, 0.3) is 0 Å².